The molecular formula is C16H23NO3. The van der Waals surface area contributed by atoms with E-state index in [2.05, 4.69) is 0 Å². The van der Waals surface area contributed by atoms with Gasteiger partial charge < -0.3 is 14.7 Å². The molecule has 1 N–H and O–H groups in total. The van der Waals surface area contributed by atoms with E-state index >= 15 is 0 Å². The molecule has 0 saturated carbocycles. The molecular weight excluding hydrogens is 254 g/mol. The van der Waals surface area contributed by atoms with Crippen LogP contribution >= 0.6 is 0 Å². The van der Waals surface area contributed by atoms with Crippen LogP contribution in [0.25, 0.3) is 0 Å². The maximum Gasteiger partial charge on any atom is 0.263 e. The third-order valence-electron chi connectivity index (χ3n) is 3.75. The molecule has 1 amide bonds. The molecule has 1 aliphatic rings. The third-order valence-corrected chi connectivity index (χ3v) is 3.75. The minimum atomic E-state index is -0.494. The maximum absolute atomic E-state index is 12.2. The predicted octanol–water partition coefficient (Wildman–Crippen LogP) is 2.44. The fourth-order valence-electron chi connectivity index (χ4n) is 2.50. The van der Waals surface area contributed by atoms with Crippen LogP contribution in [-0.4, -0.2) is 35.1 Å². The van der Waals surface area contributed by atoms with Crippen molar-refractivity contribution in [3.8, 4) is 5.75 Å². The number of benzene rings is 1. The van der Waals surface area contributed by atoms with Crippen LogP contribution in [0.3, 0.4) is 0 Å². The van der Waals surface area contributed by atoms with Gasteiger partial charge >= 0.3 is 0 Å². The highest BCUT2D eigenvalue weighted by Gasteiger charge is 2.24. The van der Waals surface area contributed by atoms with E-state index in [0.717, 1.165) is 37.1 Å². The van der Waals surface area contributed by atoms with Crippen LogP contribution in [0, 0.1) is 6.92 Å². The van der Waals surface area contributed by atoms with E-state index in [-0.39, 0.29) is 5.91 Å². The first-order valence-electron chi connectivity index (χ1n) is 7.23. The van der Waals surface area contributed by atoms with Gasteiger partial charge in [-0.2, -0.15) is 0 Å². The number of rotatable bonds is 4. The topological polar surface area (TPSA) is 49.8 Å². The van der Waals surface area contributed by atoms with Gasteiger partial charge in [0.05, 0.1) is 6.10 Å². The Morgan fingerprint density at radius 2 is 1.95 bits per heavy atom. The van der Waals surface area contributed by atoms with Gasteiger partial charge in [-0.1, -0.05) is 6.07 Å². The van der Waals surface area contributed by atoms with Crippen LogP contribution in [0.4, 0.5) is 0 Å². The minimum absolute atomic E-state index is 0.0569. The van der Waals surface area contributed by atoms with E-state index in [4.69, 9.17) is 4.74 Å². The lowest BCUT2D eigenvalue weighted by Gasteiger charge is -2.22. The molecule has 0 bridgehead atoms. The second kappa shape index (κ2) is 6.27. The Labute approximate surface area is 120 Å². The van der Waals surface area contributed by atoms with Gasteiger partial charge in [0.1, 0.15) is 5.75 Å². The highest BCUT2D eigenvalue weighted by Crippen LogP contribution is 2.24. The quantitative estimate of drug-likeness (QED) is 0.919. The van der Waals surface area contributed by atoms with Crippen molar-refractivity contribution in [1.82, 2.24) is 4.90 Å². The number of hydrogen-bond acceptors (Lipinski definition) is 3. The number of aryl methyl sites for hydroxylation is 1. The lowest BCUT2D eigenvalue weighted by Crippen LogP contribution is -2.38. The Kier molecular flexibility index (Phi) is 4.65. The Morgan fingerprint density at radius 3 is 2.50 bits per heavy atom. The van der Waals surface area contributed by atoms with Gasteiger partial charge in [-0.15, -0.1) is 0 Å². The Hall–Kier alpha value is -1.55. The van der Waals surface area contributed by atoms with Crippen molar-refractivity contribution >= 4 is 5.91 Å². The number of carbonyl (C=O) groups is 1. The number of aliphatic hydroxyl groups is 1. The average molecular weight is 277 g/mol. The van der Waals surface area contributed by atoms with Crippen molar-refractivity contribution in [3.63, 3.8) is 0 Å². The summed E-state index contributed by atoms with van der Waals surface area (Å²) in [5.74, 6) is 0.760. The molecule has 1 aromatic rings. The van der Waals surface area contributed by atoms with E-state index in [1.54, 1.807) is 13.8 Å². The Bertz CT molecular complexity index is 479. The van der Waals surface area contributed by atoms with Crippen LogP contribution in [0.15, 0.2) is 18.2 Å². The van der Waals surface area contributed by atoms with Gasteiger partial charge in [0.2, 0.25) is 0 Å². The largest absolute Gasteiger partial charge is 0.481 e. The lowest BCUT2D eigenvalue weighted by atomic mass is 10.1. The SMILES string of the molecule is Cc1cc([C@H](C)O)ccc1OC(C)C(=O)N1CCCC1. The van der Waals surface area contributed by atoms with E-state index in [1.165, 1.54) is 0 Å². The summed E-state index contributed by atoms with van der Waals surface area (Å²) in [6, 6.07) is 5.55. The van der Waals surface area contributed by atoms with Crippen molar-refractivity contribution in [2.24, 2.45) is 0 Å². The molecule has 0 spiro atoms. The number of aliphatic hydroxyl groups excluding tert-OH is 1. The van der Waals surface area contributed by atoms with Gasteiger partial charge in [0, 0.05) is 13.1 Å². The fourth-order valence-corrected chi connectivity index (χ4v) is 2.50. The highest BCUT2D eigenvalue weighted by atomic mass is 16.5. The molecule has 1 aromatic carbocycles. The summed E-state index contributed by atoms with van der Waals surface area (Å²) in [5.41, 5.74) is 1.79. The van der Waals surface area contributed by atoms with Crippen LogP contribution in [-0.2, 0) is 4.79 Å². The second-order valence-corrected chi connectivity index (χ2v) is 5.49. The van der Waals surface area contributed by atoms with Crippen molar-refractivity contribution in [2.75, 3.05) is 13.1 Å². The first-order chi connectivity index (χ1) is 9.49. The van der Waals surface area contributed by atoms with Crippen LogP contribution in [0.5, 0.6) is 5.75 Å². The van der Waals surface area contributed by atoms with Crippen molar-refractivity contribution in [2.45, 2.75) is 45.8 Å². The second-order valence-electron chi connectivity index (χ2n) is 5.49. The summed E-state index contributed by atoms with van der Waals surface area (Å²) in [6.45, 7) is 7.13. The summed E-state index contributed by atoms with van der Waals surface area (Å²) in [7, 11) is 0. The maximum atomic E-state index is 12.2. The van der Waals surface area contributed by atoms with Gasteiger partial charge in [0.25, 0.3) is 5.91 Å². The van der Waals surface area contributed by atoms with Gasteiger partial charge in [-0.3, -0.25) is 4.79 Å². The monoisotopic (exact) mass is 277 g/mol. The van der Waals surface area contributed by atoms with Crippen LogP contribution in [0.2, 0.25) is 0 Å². The zero-order valence-corrected chi connectivity index (χ0v) is 12.4. The van der Waals surface area contributed by atoms with Gasteiger partial charge in [0.15, 0.2) is 6.10 Å². The summed E-state index contributed by atoms with van der Waals surface area (Å²) in [4.78, 5) is 14.1. The Morgan fingerprint density at radius 1 is 1.30 bits per heavy atom. The standard InChI is InChI=1S/C16H23NO3/c1-11-10-14(12(2)18)6-7-15(11)20-13(3)16(19)17-8-4-5-9-17/h6-7,10,12-13,18H,4-5,8-9H2,1-3H3/t12-,13?/m0/s1. The number of carbonyl (C=O) groups excluding carboxylic acids is 1. The van der Waals surface area contributed by atoms with Gasteiger partial charge in [-0.05, 0) is 56.9 Å². The molecule has 0 aliphatic carbocycles. The molecule has 1 unspecified atom stereocenters. The predicted molar refractivity (Wildman–Crippen MR) is 77.7 cm³/mol. The molecule has 1 aliphatic heterocycles. The molecule has 20 heavy (non-hydrogen) atoms. The normalized spacial score (nSPS) is 17.9. The first-order valence-corrected chi connectivity index (χ1v) is 7.23. The van der Waals surface area contributed by atoms with Crippen molar-refractivity contribution in [3.05, 3.63) is 29.3 Å². The zero-order chi connectivity index (χ0) is 14.7. The number of likely N-dealkylation sites (tertiary alicyclic amines) is 1. The molecule has 4 heteroatoms. The third kappa shape index (κ3) is 3.31. The molecule has 0 aromatic heterocycles. The number of ether oxygens (including phenoxy) is 1. The molecule has 1 fully saturated rings. The van der Waals surface area contributed by atoms with E-state index < -0.39 is 12.2 Å². The van der Waals surface area contributed by atoms with E-state index in [9.17, 15) is 9.90 Å². The molecule has 4 nitrogen and oxygen atoms in total. The molecule has 0 radical (unpaired) electrons. The summed E-state index contributed by atoms with van der Waals surface area (Å²) >= 11 is 0. The number of nitrogens with zero attached hydrogens (tertiary/aromatic N) is 1. The smallest absolute Gasteiger partial charge is 0.263 e. The van der Waals surface area contributed by atoms with Crippen molar-refractivity contribution < 1.29 is 14.6 Å². The van der Waals surface area contributed by atoms with Gasteiger partial charge in [-0.25, -0.2) is 0 Å². The van der Waals surface area contributed by atoms with E-state index in [0.29, 0.717) is 5.75 Å². The average Bonchev–Trinajstić information content (AvgIpc) is 2.93. The minimum Gasteiger partial charge on any atom is -0.481 e. The van der Waals surface area contributed by atoms with Crippen molar-refractivity contribution in [1.29, 1.82) is 0 Å². The molecule has 1 heterocycles. The molecule has 110 valence electrons. The molecule has 1 saturated heterocycles. The summed E-state index contributed by atoms with van der Waals surface area (Å²) < 4.78 is 5.78. The number of amides is 1. The first kappa shape index (κ1) is 14.9. The lowest BCUT2D eigenvalue weighted by molar-refractivity contribution is -0.136. The van der Waals surface area contributed by atoms with E-state index in [1.807, 2.05) is 30.0 Å². The molecule has 2 rings (SSSR count). The highest BCUT2D eigenvalue weighted by molar-refractivity contribution is 5.81. The van der Waals surface area contributed by atoms with Crippen LogP contribution in [0.1, 0.15) is 43.9 Å². The zero-order valence-electron chi connectivity index (χ0n) is 12.4. The molecule has 2 atom stereocenters. The fraction of sp³-hybridized carbons (Fsp3) is 0.562. The number of hydrogen-bond donors (Lipinski definition) is 1. The Balaban J connectivity index is 2.03. The summed E-state index contributed by atoms with van der Waals surface area (Å²) in [6.07, 6.45) is 1.21. The van der Waals surface area contributed by atoms with Crippen LogP contribution < -0.4 is 4.74 Å². The summed E-state index contributed by atoms with van der Waals surface area (Å²) in [5, 5.41) is 9.55.